The Bertz CT molecular complexity index is 443. The van der Waals surface area contributed by atoms with E-state index in [2.05, 4.69) is 5.32 Å². The molecular weight excluding hydrogens is 256 g/mol. The first kappa shape index (κ1) is 16.0. The van der Waals surface area contributed by atoms with Crippen LogP contribution in [-0.2, 0) is 16.1 Å². The molecule has 5 heteroatoms. The van der Waals surface area contributed by atoms with E-state index in [1.165, 1.54) is 6.92 Å². The minimum atomic E-state index is -0.00781. The van der Waals surface area contributed by atoms with Crippen LogP contribution in [0.25, 0.3) is 0 Å². The van der Waals surface area contributed by atoms with E-state index in [1.54, 1.807) is 18.9 Å². The number of carbonyl (C=O) groups excluding carboxylic acids is 2. The summed E-state index contributed by atoms with van der Waals surface area (Å²) in [6.07, 6.45) is 0.457. The summed E-state index contributed by atoms with van der Waals surface area (Å²) in [5.74, 6) is 0.780. The average Bonchev–Trinajstić information content (AvgIpc) is 2.46. The van der Waals surface area contributed by atoms with Gasteiger partial charge in [0.15, 0.2) is 0 Å². The van der Waals surface area contributed by atoms with Crippen LogP contribution in [0.5, 0.6) is 5.75 Å². The first-order valence-corrected chi connectivity index (χ1v) is 6.72. The second kappa shape index (κ2) is 8.19. The fraction of sp³-hybridized carbons (Fsp3) is 0.467. The predicted molar refractivity (Wildman–Crippen MR) is 77.4 cm³/mol. The standard InChI is InChI=1S/C15H22N2O3/c1-4-15(19)16-9-10-17(12(2)18)11-13-5-7-14(20-3)8-6-13/h5-8H,4,9-11H2,1-3H3,(H,16,19). The molecule has 0 aromatic heterocycles. The first-order valence-electron chi connectivity index (χ1n) is 6.72. The average molecular weight is 278 g/mol. The topological polar surface area (TPSA) is 58.6 Å². The van der Waals surface area contributed by atoms with Crippen LogP contribution in [0.4, 0.5) is 0 Å². The van der Waals surface area contributed by atoms with Crippen LogP contribution in [-0.4, -0.2) is 36.9 Å². The molecule has 1 rings (SSSR count). The molecule has 5 nitrogen and oxygen atoms in total. The number of hydrogen-bond donors (Lipinski definition) is 1. The van der Waals surface area contributed by atoms with Crippen LogP contribution < -0.4 is 10.1 Å². The minimum absolute atomic E-state index is 0.00190. The highest BCUT2D eigenvalue weighted by atomic mass is 16.5. The van der Waals surface area contributed by atoms with Gasteiger partial charge in [0.25, 0.3) is 0 Å². The van der Waals surface area contributed by atoms with Gasteiger partial charge in [0.05, 0.1) is 7.11 Å². The molecule has 1 aromatic rings. The maximum Gasteiger partial charge on any atom is 0.219 e. The zero-order valence-electron chi connectivity index (χ0n) is 12.3. The Labute approximate surface area is 119 Å². The smallest absolute Gasteiger partial charge is 0.219 e. The van der Waals surface area contributed by atoms with E-state index in [-0.39, 0.29) is 11.8 Å². The maximum absolute atomic E-state index is 11.6. The van der Waals surface area contributed by atoms with Gasteiger partial charge in [-0.3, -0.25) is 9.59 Å². The molecule has 0 aliphatic carbocycles. The second-order valence-electron chi connectivity index (χ2n) is 4.49. The molecule has 0 spiro atoms. The highest BCUT2D eigenvalue weighted by molar-refractivity contribution is 5.76. The third-order valence-electron chi connectivity index (χ3n) is 3.00. The van der Waals surface area contributed by atoms with Crippen LogP contribution >= 0.6 is 0 Å². The summed E-state index contributed by atoms with van der Waals surface area (Å²) >= 11 is 0. The normalized spacial score (nSPS) is 9.95. The van der Waals surface area contributed by atoms with Crippen LogP contribution in [0.3, 0.4) is 0 Å². The van der Waals surface area contributed by atoms with E-state index in [0.29, 0.717) is 26.1 Å². The Morgan fingerprint density at radius 3 is 2.40 bits per heavy atom. The van der Waals surface area contributed by atoms with Gasteiger partial charge in [-0.05, 0) is 17.7 Å². The molecule has 0 saturated carbocycles. The first-order chi connectivity index (χ1) is 9.56. The van der Waals surface area contributed by atoms with Crippen LogP contribution in [0.15, 0.2) is 24.3 Å². The molecular formula is C15H22N2O3. The molecule has 0 saturated heterocycles. The molecule has 20 heavy (non-hydrogen) atoms. The van der Waals surface area contributed by atoms with E-state index in [1.807, 2.05) is 24.3 Å². The summed E-state index contributed by atoms with van der Waals surface area (Å²) in [5, 5.41) is 2.77. The van der Waals surface area contributed by atoms with E-state index in [9.17, 15) is 9.59 Å². The van der Waals surface area contributed by atoms with Gasteiger partial charge in [-0.2, -0.15) is 0 Å². The van der Waals surface area contributed by atoms with Crippen molar-refractivity contribution in [2.75, 3.05) is 20.2 Å². The molecule has 0 aliphatic heterocycles. The molecule has 1 N–H and O–H groups in total. The van der Waals surface area contributed by atoms with Crippen LogP contribution in [0.2, 0.25) is 0 Å². The lowest BCUT2D eigenvalue weighted by atomic mass is 10.2. The van der Waals surface area contributed by atoms with Gasteiger partial charge in [-0.1, -0.05) is 19.1 Å². The third kappa shape index (κ3) is 5.30. The largest absolute Gasteiger partial charge is 0.497 e. The Balaban J connectivity index is 2.53. The van der Waals surface area contributed by atoms with Crippen molar-refractivity contribution in [1.82, 2.24) is 10.2 Å². The summed E-state index contributed by atoms with van der Waals surface area (Å²) in [6.45, 7) is 4.84. The van der Waals surface area contributed by atoms with E-state index in [0.717, 1.165) is 11.3 Å². The zero-order valence-corrected chi connectivity index (χ0v) is 12.3. The summed E-state index contributed by atoms with van der Waals surface area (Å²) in [7, 11) is 1.62. The van der Waals surface area contributed by atoms with E-state index < -0.39 is 0 Å². The third-order valence-corrected chi connectivity index (χ3v) is 3.00. The van der Waals surface area contributed by atoms with Crippen molar-refractivity contribution >= 4 is 11.8 Å². The SMILES string of the molecule is CCC(=O)NCCN(Cc1ccc(OC)cc1)C(C)=O. The number of carbonyl (C=O) groups is 2. The molecule has 0 aliphatic rings. The van der Waals surface area contributed by atoms with Gasteiger partial charge < -0.3 is 15.0 Å². The number of nitrogens with one attached hydrogen (secondary N) is 1. The van der Waals surface area contributed by atoms with Crippen molar-refractivity contribution in [2.45, 2.75) is 26.8 Å². The molecule has 0 fully saturated rings. The quantitative estimate of drug-likeness (QED) is 0.823. The van der Waals surface area contributed by atoms with Crippen molar-refractivity contribution < 1.29 is 14.3 Å². The van der Waals surface area contributed by atoms with Crippen molar-refractivity contribution in [3.8, 4) is 5.75 Å². The molecule has 0 atom stereocenters. The highest BCUT2D eigenvalue weighted by Crippen LogP contribution is 2.13. The van der Waals surface area contributed by atoms with Gasteiger partial charge in [-0.25, -0.2) is 0 Å². The number of amides is 2. The summed E-state index contributed by atoms with van der Waals surface area (Å²) in [5.41, 5.74) is 1.03. The van der Waals surface area contributed by atoms with Gasteiger partial charge in [0.2, 0.25) is 11.8 Å². The molecule has 1 aromatic carbocycles. The summed E-state index contributed by atoms with van der Waals surface area (Å²) in [6, 6.07) is 7.60. The van der Waals surface area contributed by atoms with Gasteiger partial charge in [0, 0.05) is 33.0 Å². The Morgan fingerprint density at radius 2 is 1.90 bits per heavy atom. The Morgan fingerprint density at radius 1 is 1.25 bits per heavy atom. The van der Waals surface area contributed by atoms with Crippen molar-refractivity contribution in [2.24, 2.45) is 0 Å². The summed E-state index contributed by atoms with van der Waals surface area (Å²) in [4.78, 5) is 24.5. The number of methoxy groups -OCH3 is 1. The zero-order chi connectivity index (χ0) is 15.0. The van der Waals surface area contributed by atoms with E-state index >= 15 is 0 Å². The molecule has 2 amide bonds. The lowest BCUT2D eigenvalue weighted by molar-refractivity contribution is -0.130. The van der Waals surface area contributed by atoms with Crippen LogP contribution in [0.1, 0.15) is 25.8 Å². The molecule has 0 bridgehead atoms. The summed E-state index contributed by atoms with van der Waals surface area (Å²) < 4.78 is 5.10. The molecule has 0 radical (unpaired) electrons. The minimum Gasteiger partial charge on any atom is -0.497 e. The number of ether oxygens (including phenoxy) is 1. The van der Waals surface area contributed by atoms with Gasteiger partial charge >= 0.3 is 0 Å². The number of benzene rings is 1. The van der Waals surface area contributed by atoms with Gasteiger partial charge in [0.1, 0.15) is 5.75 Å². The van der Waals surface area contributed by atoms with Crippen molar-refractivity contribution in [3.63, 3.8) is 0 Å². The van der Waals surface area contributed by atoms with Crippen molar-refractivity contribution in [3.05, 3.63) is 29.8 Å². The second-order valence-corrected chi connectivity index (χ2v) is 4.49. The van der Waals surface area contributed by atoms with Crippen molar-refractivity contribution in [1.29, 1.82) is 0 Å². The predicted octanol–water partition coefficient (Wildman–Crippen LogP) is 1.57. The highest BCUT2D eigenvalue weighted by Gasteiger charge is 2.09. The number of hydrogen-bond acceptors (Lipinski definition) is 3. The fourth-order valence-electron chi connectivity index (χ4n) is 1.75. The molecule has 0 unspecified atom stereocenters. The number of rotatable bonds is 7. The maximum atomic E-state index is 11.6. The lowest BCUT2D eigenvalue weighted by Gasteiger charge is -2.21. The fourth-order valence-corrected chi connectivity index (χ4v) is 1.75. The van der Waals surface area contributed by atoms with Crippen LogP contribution in [0, 0.1) is 0 Å². The molecule has 110 valence electrons. The number of nitrogens with zero attached hydrogens (tertiary/aromatic N) is 1. The Hall–Kier alpha value is -2.04. The lowest BCUT2D eigenvalue weighted by Crippen LogP contribution is -2.36. The monoisotopic (exact) mass is 278 g/mol. The van der Waals surface area contributed by atoms with E-state index in [4.69, 9.17) is 4.74 Å². The Kier molecular flexibility index (Phi) is 6.56. The van der Waals surface area contributed by atoms with Gasteiger partial charge in [-0.15, -0.1) is 0 Å². The molecule has 0 heterocycles.